The van der Waals surface area contributed by atoms with E-state index in [1.165, 1.54) is 6.42 Å². The summed E-state index contributed by atoms with van der Waals surface area (Å²) in [6.07, 6.45) is 6.23. The Hall–Kier alpha value is -1.60. The van der Waals surface area contributed by atoms with Crippen molar-refractivity contribution in [3.05, 3.63) is 34.9 Å². The Morgan fingerprint density at radius 3 is 3.00 bits per heavy atom. The molecule has 0 spiro atoms. The minimum absolute atomic E-state index is 0.106. The fourth-order valence-corrected chi connectivity index (χ4v) is 3.26. The van der Waals surface area contributed by atoms with Gasteiger partial charge >= 0.3 is 0 Å². The van der Waals surface area contributed by atoms with Crippen LogP contribution in [0.2, 0.25) is 0 Å². The molecule has 0 aliphatic heterocycles. The number of nitriles is 1. The predicted molar refractivity (Wildman–Crippen MR) is 84.4 cm³/mol. The van der Waals surface area contributed by atoms with Crippen molar-refractivity contribution in [1.29, 1.82) is 5.26 Å². The highest BCUT2D eigenvalue weighted by molar-refractivity contribution is 9.10. The second-order valence-corrected chi connectivity index (χ2v) is 6.22. The highest BCUT2D eigenvalue weighted by atomic mass is 79.9. The molecule has 4 heteroatoms. The fraction of sp³-hybridized carbons (Fsp3) is 0.375. The van der Waals surface area contributed by atoms with E-state index in [0.717, 1.165) is 40.3 Å². The zero-order chi connectivity index (χ0) is 13.9. The van der Waals surface area contributed by atoms with Crippen LogP contribution in [-0.4, -0.2) is 11.0 Å². The third-order valence-corrected chi connectivity index (χ3v) is 4.38. The van der Waals surface area contributed by atoms with Gasteiger partial charge in [-0.15, -0.1) is 0 Å². The number of pyridine rings is 1. The van der Waals surface area contributed by atoms with E-state index in [2.05, 4.69) is 44.4 Å². The van der Waals surface area contributed by atoms with Crippen molar-refractivity contribution < 1.29 is 0 Å². The van der Waals surface area contributed by atoms with Crippen molar-refractivity contribution >= 4 is 32.5 Å². The Labute approximate surface area is 127 Å². The second kappa shape index (κ2) is 5.80. The predicted octanol–water partition coefficient (Wildman–Crippen LogP) is 4.49. The number of hydrogen-bond donors (Lipinski definition) is 1. The molecule has 0 bridgehead atoms. The molecule has 3 nitrogen and oxygen atoms in total. The van der Waals surface area contributed by atoms with Crippen LogP contribution < -0.4 is 5.32 Å². The molecule has 3 rings (SSSR count). The van der Waals surface area contributed by atoms with Crippen molar-refractivity contribution in [2.75, 3.05) is 5.32 Å². The number of fused-ring (bicyclic) bond motifs is 1. The van der Waals surface area contributed by atoms with Gasteiger partial charge in [0, 0.05) is 22.1 Å². The smallest absolute Gasteiger partial charge is 0.0934 e. The number of halogens is 1. The van der Waals surface area contributed by atoms with Crippen LogP contribution in [0.25, 0.3) is 10.9 Å². The van der Waals surface area contributed by atoms with Crippen LogP contribution in [0.1, 0.15) is 25.7 Å². The van der Waals surface area contributed by atoms with E-state index in [-0.39, 0.29) is 12.0 Å². The largest absolute Gasteiger partial charge is 0.379 e. The molecule has 1 fully saturated rings. The molecule has 102 valence electrons. The number of para-hydroxylation sites is 1. The van der Waals surface area contributed by atoms with Gasteiger partial charge in [-0.05, 0) is 40.9 Å². The summed E-state index contributed by atoms with van der Waals surface area (Å²) in [5, 5.41) is 13.9. The van der Waals surface area contributed by atoms with Gasteiger partial charge < -0.3 is 5.32 Å². The van der Waals surface area contributed by atoms with Crippen LogP contribution in [0.5, 0.6) is 0 Å². The van der Waals surface area contributed by atoms with E-state index in [4.69, 9.17) is 0 Å². The molecule has 1 saturated carbocycles. The number of benzene rings is 1. The average molecular weight is 330 g/mol. The summed E-state index contributed by atoms with van der Waals surface area (Å²) in [4.78, 5) is 4.50. The Bertz CT molecular complexity index is 662. The van der Waals surface area contributed by atoms with Gasteiger partial charge in [0.2, 0.25) is 0 Å². The topological polar surface area (TPSA) is 48.7 Å². The van der Waals surface area contributed by atoms with Gasteiger partial charge in [0.1, 0.15) is 0 Å². The van der Waals surface area contributed by atoms with Crippen molar-refractivity contribution in [3.8, 4) is 6.07 Å². The van der Waals surface area contributed by atoms with Crippen LogP contribution in [0.4, 0.5) is 5.69 Å². The van der Waals surface area contributed by atoms with E-state index >= 15 is 0 Å². The molecule has 2 unspecified atom stereocenters. The van der Waals surface area contributed by atoms with Crippen LogP contribution in [0.3, 0.4) is 0 Å². The van der Waals surface area contributed by atoms with Gasteiger partial charge in [0.15, 0.2) is 0 Å². The Morgan fingerprint density at radius 1 is 1.30 bits per heavy atom. The van der Waals surface area contributed by atoms with Crippen LogP contribution in [0, 0.1) is 17.2 Å². The maximum Gasteiger partial charge on any atom is 0.0934 e. The number of rotatable bonds is 2. The lowest BCUT2D eigenvalue weighted by Crippen LogP contribution is -2.31. The molecular weight excluding hydrogens is 314 g/mol. The molecule has 1 aliphatic rings. The first-order chi connectivity index (χ1) is 9.78. The summed E-state index contributed by atoms with van der Waals surface area (Å²) in [5.41, 5.74) is 2.00. The van der Waals surface area contributed by atoms with Gasteiger partial charge in [-0.1, -0.05) is 25.0 Å². The van der Waals surface area contributed by atoms with Gasteiger partial charge in [0.25, 0.3) is 0 Å². The molecule has 1 N–H and O–H groups in total. The maximum atomic E-state index is 9.28. The molecule has 20 heavy (non-hydrogen) atoms. The Morgan fingerprint density at radius 2 is 2.15 bits per heavy atom. The van der Waals surface area contributed by atoms with Crippen LogP contribution >= 0.6 is 15.9 Å². The van der Waals surface area contributed by atoms with Crippen molar-refractivity contribution in [2.24, 2.45) is 5.92 Å². The van der Waals surface area contributed by atoms with Crippen LogP contribution in [0.15, 0.2) is 34.9 Å². The summed E-state index contributed by atoms with van der Waals surface area (Å²) in [5.74, 6) is 0.106. The molecule has 2 atom stereocenters. The number of anilines is 1. The normalized spacial score (nSPS) is 22.4. The van der Waals surface area contributed by atoms with Gasteiger partial charge in [-0.2, -0.15) is 5.26 Å². The third kappa shape index (κ3) is 2.64. The average Bonchev–Trinajstić information content (AvgIpc) is 2.47. The maximum absolute atomic E-state index is 9.28. The molecule has 1 aromatic heterocycles. The van der Waals surface area contributed by atoms with Gasteiger partial charge in [-0.3, -0.25) is 4.98 Å². The summed E-state index contributed by atoms with van der Waals surface area (Å²) < 4.78 is 0.981. The molecule has 1 aromatic carbocycles. The minimum Gasteiger partial charge on any atom is -0.379 e. The first kappa shape index (κ1) is 13.4. The van der Waals surface area contributed by atoms with Gasteiger partial charge in [-0.25, -0.2) is 0 Å². The first-order valence-electron chi connectivity index (χ1n) is 6.98. The third-order valence-electron chi connectivity index (χ3n) is 3.95. The molecule has 1 heterocycles. The summed E-state index contributed by atoms with van der Waals surface area (Å²) >= 11 is 3.45. The standard InChI is InChI=1S/C16H16BrN3/c17-13-8-11-5-3-7-15(16(11)19-10-13)20-14-6-2-1-4-12(14)9-18/h3,5,7-8,10,12,14,20H,1-2,4,6H2. The van der Waals surface area contributed by atoms with Crippen molar-refractivity contribution in [2.45, 2.75) is 31.7 Å². The number of nitrogens with zero attached hydrogens (tertiary/aromatic N) is 2. The lowest BCUT2D eigenvalue weighted by Gasteiger charge is -2.28. The molecule has 0 radical (unpaired) electrons. The Balaban J connectivity index is 1.92. The highest BCUT2D eigenvalue weighted by Crippen LogP contribution is 2.30. The summed E-state index contributed by atoms with van der Waals surface area (Å²) in [7, 11) is 0. The number of nitrogens with one attached hydrogen (secondary N) is 1. The van der Waals surface area contributed by atoms with Crippen molar-refractivity contribution in [1.82, 2.24) is 4.98 Å². The zero-order valence-corrected chi connectivity index (χ0v) is 12.7. The van der Waals surface area contributed by atoms with E-state index < -0.39 is 0 Å². The van der Waals surface area contributed by atoms with Gasteiger partial charge in [0.05, 0.1) is 23.2 Å². The SMILES string of the molecule is N#CC1CCCCC1Nc1cccc2cc(Br)cnc12. The van der Waals surface area contributed by atoms with E-state index in [9.17, 15) is 5.26 Å². The summed E-state index contributed by atoms with van der Waals surface area (Å²) in [6.45, 7) is 0. The molecular formula is C16H16BrN3. The van der Waals surface area contributed by atoms with E-state index in [0.29, 0.717) is 0 Å². The minimum atomic E-state index is 0.106. The number of aromatic nitrogens is 1. The Kier molecular flexibility index (Phi) is 3.88. The first-order valence-corrected chi connectivity index (χ1v) is 7.77. The quantitative estimate of drug-likeness (QED) is 0.882. The fourth-order valence-electron chi connectivity index (χ4n) is 2.91. The van der Waals surface area contributed by atoms with E-state index in [1.54, 1.807) is 0 Å². The lowest BCUT2D eigenvalue weighted by molar-refractivity contribution is 0.389. The molecule has 2 aromatic rings. The lowest BCUT2D eigenvalue weighted by atomic mass is 9.85. The molecule has 0 saturated heterocycles. The monoisotopic (exact) mass is 329 g/mol. The summed E-state index contributed by atoms with van der Waals surface area (Å²) in [6, 6.07) is 10.9. The highest BCUT2D eigenvalue weighted by Gasteiger charge is 2.25. The second-order valence-electron chi connectivity index (χ2n) is 5.30. The zero-order valence-electron chi connectivity index (χ0n) is 11.1. The number of hydrogen-bond acceptors (Lipinski definition) is 3. The van der Waals surface area contributed by atoms with E-state index in [1.807, 2.05) is 18.3 Å². The van der Waals surface area contributed by atoms with Crippen LogP contribution in [-0.2, 0) is 0 Å². The van der Waals surface area contributed by atoms with Crippen molar-refractivity contribution in [3.63, 3.8) is 0 Å². The molecule has 0 amide bonds. The molecule has 1 aliphatic carbocycles.